The van der Waals surface area contributed by atoms with Gasteiger partial charge in [-0.3, -0.25) is 19.2 Å². The molecule has 0 radical (unpaired) electrons. The van der Waals surface area contributed by atoms with Gasteiger partial charge in [0.1, 0.15) is 31.2 Å². The molecule has 0 bridgehead atoms. The second-order valence-electron chi connectivity index (χ2n) is 21.1. The van der Waals surface area contributed by atoms with Gasteiger partial charge in [0, 0.05) is 28.6 Å². The van der Waals surface area contributed by atoms with E-state index in [2.05, 4.69) is 0 Å². The van der Waals surface area contributed by atoms with Crippen LogP contribution in [0.2, 0.25) is 0 Å². The molecule has 0 spiro atoms. The summed E-state index contributed by atoms with van der Waals surface area (Å²) in [7, 11) is 0. The Hall–Kier alpha value is -2.52. The largest absolute Gasteiger partial charge is 0.393 e. The van der Waals surface area contributed by atoms with Crippen LogP contribution in [-0.2, 0) is 28.7 Å². The smallest absolute Gasteiger partial charge is 0.193 e. The molecule has 1 aliphatic heterocycles. The maximum absolute atomic E-state index is 15.5. The number of hydrogen-bond acceptors (Lipinski definition) is 11. The van der Waals surface area contributed by atoms with E-state index in [1.165, 1.54) is 18.2 Å². The number of fused-ring (bicyclic) bond motifs is 12. The summed E-state index contributed by atoms with van der Waals surface area (Å²) in [6.45, 7) is 11.5. The van der Waals surface area contributed by atoms with Gasteiger partial charge in [-0.25, -0.2) is 8.78 Å². The van der Waals surface area contributed by atoms with Crippen molar-refractivity contribution in [2.45, 2.75) is 147 Å². The number of aliphatic hydroxyl groups is 5. The SMILES string of the molecule is CC1(C)O[C@@H]2C[C@H]3[C@@H]4C[C@H](F)C5=CC(=O)CC[C@]5(C)[C@H]4[C@@H](O)C[C@]3(C)[C@]2(C(=O)CO)O1.C[C@@H]1C[C@H]2[C@@H]3C[C@H](F)C4=CC(=O)C=C[C@]4(C)[C@H]3[C@@H](O)C[C@]2(C)[C@@]1(O)C(=O)CO. The van der Waals surface area contributed by atoms with Crippen LogP contribution in [0.1, 0.15) is 99.8 Å². The number of carbonyl (C=O) groups excluding carboxylic acids is 4. The molecule has 0 aromatic heterocycles. The molecule has 5 N–H and O–H groups in total. The zero-order valence-electron chi connectivity index (χ0n) is 35.3. The van der Waals surface area contributed by atoms with Crippen LogP contribution in [-0.4, -0.2) is 110 Å². The Morgan fingerprint density at radius 2 is 1.37 bits per heavy atom. The number of Topliss-reactive ketones (excluding diaryl/α,β-unsaturated/α-hetero) is 2. The zero-order chi connectivity index (χ0) is 43.2. The predicted octanol–water partition coefficient (Wildman–Crippen LogP) is 4.25. The highest BCUT2D eigenvalue weighted by Gasteiger charge is 2.77. The molecule has 1 heterocycles. The third-order valence-electron chi connectivity index (χ3n) is 18.1. The van der Waals surface area contributed by atoms with Crippen molar-refractivity contribution >= 4 is 23.1 Å². The molecular weight excluding hydrogens is 766 g/mol. The molecule has 7 fully saturated rings. The predicted molar refractivity (Wildman–Crippen MR) is 208 cm³/mol. The number of hydrogen-bond donors (Lipinski definition) is 5. The van der Waals surface area contributed by atoms with Crippen LogP contribution in [0.15, 0.2) is 35.5 Å². The van der Waals surface area contributed by atoms with Crippen molar-refractivity contribution < 1.29 is 63.0 Å². The number of rotatable bonds is 4. The van der Waals surface area contributed by atoms with Crippen LogP contribution in [0.3, 0.4) is 0 Å². The standard InChI is InChI=1S/C24H33FO6.C22H29FO5/c1-21(2)30-19-9-14-13-8-16(25)15-7-12(27)5-6-22(15,3)20(13)17(28)10-23(14,4)24(19,31-21)18(29)11-26;1-11-6-14-13-8-16(23)15-7-12(25)4-5-20(15,2)19(13)17(26)9-21(14,3)22(11,28)18(27)10-24/h7,13-14,16-17,19-20,26,28H,5-6,8-11H2,1-4H3;4-5,7,11,13-14,16-17,19,24,26,28H,6,8-10H2,1-3H3/t13-,14-,16-,17-,19+,20+,22-,23-,24+;11-,13+,14+,16+,17+,19-,20+,21+,22+/m01/s1. The quantitative estimate of drug-likeness (QED) is 0.273. The van der Waals surface area contributed by atoms with Crippen LogP contribution in [0.5, 0.6) is 0 Å². The topological polar surface area (TPSA) is 188 Å². The number of ether oxygens (including phenoxy) is 2. The molecule has 0 aromatic carbocycles. The van der Waals surface area contributed by atoms with Crippen LogP contribution < -0.4 is 0 Å². The third-order valence-corrected chi connectivity index (χ3v) is 18.1. The van der Waals surface area contributed by atoms with E-state index in [9.17, 15) is 44.7 Å². The number of ketones is 4. The maximum atomic E-state index is 15.5. The second kappa shape index (κ2) is 13.7. The minimum Gasteiger partial charge on any atom is -0.393 e. The second-order valence-corrected chi connectivity index (χ2v) is 21.1. The lowest BCUT2D eigenvalue weighted by atomic mass is 9.45. The molecule has 9 rings (SSSR count). The average molecular weight is 829 g/mol. The summed E-state index contributed by atoms with van der Waals surface area (Å²) in [6.07, 6.45) is 4.16. The van der Waals surface area contributed by atoms with Gasteiger partial charge in [-0.15, -0.1) is 0 Å². The average Bonchev–Trinajstić information content (AvgIpc) is 3.66. The van der Waals surface area contributed by atoms with Crippen LogP contribution >= 0.6 is 0 Å². The number of carbonyl (C=O) groups is 4. The van der Waals surface area contributed by atoms with Crippen molar-refractivity contribution in [3.63, 3.8) is 0 Å². The molecule has 18 atom stereocenters. The summed E-state index contributed by atoms with van der Waals surface area (Å²) < 4.78 is 43.2. The highest BCUT2D eigenvalue weighted by molar-refractivity contribution is 6.01. The molecule has 59 heavy (non-hydrogen) atoms. The van der Waals surface area contributed by atoms with Gasteiger partial charge in [0.15, 0.2) is 34.5 Å². The summed E-state index contributed by atoms with van der Waals surface area (Å²) in [5, 5.41) is 53.4. The highest BCUT2D eigenvalue weighted by atomic mass is 19.1. The zero-order valence-corrected chi connectivity index (χ0v) is 35.3. The molecule has 0 aromatic rings. The number of halogens is 2. The van der Waals surface area contributed by atoms with E-state index in [4.69, 9.17) is 9.47 Å². The fraction of sp³-hybridized carbons (Fsp3) is 0.783. The monoisotopic (exact) mass is 828 g/mol. The van der Waals surface area contributed by atoms with E-state index in [0.717, 1.165) is 0 Å². The van der Waals surface area contributed by atoms with Crippen molar-refractivity contribution in [2.75, 3.05) is 13.2 Å². The summed E-state index contributed by atoms with van der Waals surface area (Å²) in [5.41, 5.74) is -5.19. The lowest BCUT2D eigenvalue weighted by Crippen LogP contribution is -2.64. The van der Waals surface area contributed by atoms with E-state index in [1.54, 1.807) is 33.8 Å². The number of aliphatic hydroxyl groups excluding tert-OH is 4. The molecule has 6 saturated carbocycles. The Bertz CT molecular complexity index is 1930. The Morgan fingerprint density at radius 3 is 2.02 bits per heavy atom. The molecule has 326 valence electrons. The number of allylic oxidation sites excluding steroid dienone is 5. The van der Waals surface area contributed by atoms with E-state index in [1.807, 2.05) is 20.8 Å². The highest BCUT2D eigenvalue weighted by Crippen LogP contribution is 2.72. The third kappa shape index (κ3) is 5.59. The Labute approximate surface area is 344 Å². The van der Waals surface area contributed by atoms with Crippen molar-refractivity contribution in [3.05, 3.63) is 35.5 Å². The molecule has 9 aliphatic rings. The van der Waals surface area contributed by atoms with Gasteiger partial charge in [-0.05, 0) is 129 Å². The molecule has 0 amide bonds. The van der Waals surface area contributed by atoms with Crippen LogP contribution in [0.25, 0.3) is 0 Å². The number of alkyl halides is 2. The summed E-state index contributed by atoms with van der Waals surface area (Å²) in [6, 6.07) is 0. The van der Waals surface area contributed by atoms with Crippen molar-refractivity contribution in [2.24, 2.45) is 63.1 Å². The molecular formula is C46H62F2O11. The van der Waals surface area contributed by atoms with Gasteiger partial charge >= 0.3 is 0 Å². The lowest BCUT2D eigenvalue weighted by Gasteiger charge is -2.61. The van der Waals surface area contributed by atoms with Crippen molar-refractivity contribution in [1.29, 1.82) is 0 Å². The lowest BCUT2D eigenvalue weighted by molar-refractivity contribution is -0.228. The maximum Gasteiger partial charge on any atom is 0.193 e. The van der Waals surface area contributed by atoms with E-state index in [0.29, 0.717) is 43.3 Å². The van der Waals surface area contributed by atoms with E-state index >= 15 is 8.78 Å². The van der Waals surface area contributed by atoms with Gasteiger partial charge < -0.3 is 35.0 Å². The first-order valence-electron chi connectivity index (χ1n) is 21.6. The molecule has 13 heteroatoms. The fourth-order valence-electron chi connectivity index (χ4n) is 15.8. The molecule has 0 unspecified atom stereocenters. The first-order valence-corrected chi connectivity index (χ1v) is 21.6. The van der Waals surface area contributed by atoms with Crippen LogP contribution in [0, 0.1) is 63.1 Å². The summed E-state index contributed by atoms with van der Waals surface area (Å²) in [4.78, 5) is 49.6. The first-order chi connectivity index (χ1) is 27.4. The van der Waals surface area contributed by atoms with Gasteiger partial charge in [0.25, 0.3) is 0 Å². The van der Waals surface area contributed by atoms with Gasteiger partial charge in [0.2, 0.25) is 0 Å². The molecule has 8 aliphatic carbocycles. The minimum absolute atomic E-state index is 0.0457. The summed E-state index contributed by atoms with van der Waals surface area (Å²) >= 11 is 0. The first kappa shape index (κ1) is 43.1. The normalized spacial score (nSPS) is 52.6. The minimum atomic E-state index is -1.74. The molecule has 1 saturated heterocycles. The Balaban J connectivity index is 0.000000165. The molecule has 11 nitrogen and oxygen atoms in total. The van der Waals surface area contributed by atoms with Crippen molar-refractivity contribution in [3.8, 4) is 0 Å². The fourth-order valence-corrected chi connectivity index (χ4v) is 15.8. The van der Waals surface area contributed by atoms with Gasteiger partial charge in [0.05, 0.1) is 18.3 Å². The van der Waals surface area contributed by atoms with Crippen LogP contribution in [0.4, 0.5) is 8.78 Å². The van der Waals surface area contributed by atoms with E-state index < -0.39 is 94.1 Å². The summed E-state index contributed by atoms with van der Waals surface area (Å²) in [5.74, 6) is -3.82. The Morgan fingerprint density at radius 1 is 0.797 bits per heavy atom. The van der Waals surface area contributed by atoms with Gasteiger partial charge in [-0.2, -0.15) is 0 Å². The van der Waals surface area contributed by atoms with E-state index in [-0.39, 0.29) is 72.3 Å². The van der Waals surface area contributed by atoms with Gasteiger partial charge in [-0.1, -0.05) is 40.7 Å². The van der Waals surface area contributed by atoms with Crippen molar-refractivity contribution in [1.82, 2.24) is 0 Å². The Kier molecular flexibility index (Phi) is 10.0.